The molecule has 0 saturated carbocycles. The average Bonchev–Trinajstić information content (AvgIpc) is 2.18. The van der Waals surface area contributed by atoms with E-state index in [0.717, 1.165) is 18.6 Å². The monoisotopic (exact) mass is 216 g/mol. The molecule has 86 valence electrons. The lowest BCUT2D eigenvalue weighted by molar-refractivity contribution is -0.162. The first-order valence-electron chi connectivity index (χ1n) is 4.34. The Morgan fingerprint density at radius 1 is 1.40 bits per heavy atom. The highest BCUT2D eigenvalue weighted by Crippen LogP contribution is 1.97. The van der Waals surface area contributed by atoms with E-state index < -0.39 is 18.2 Å². The molecule has 5 heteroatoms. The summed E-state index contributed by atoms with van der Waals surface area (Å²) in [4.78, 5) is 19.6. The van der Waals surface area contributed by atoms with Gasteiger partial charge < -0.3 is 14.9 Å². The van der Waals surface area contributed by atoms with E-state index in [-0.39, 0.29) is 0 Å². The van der Waals surface area contributed by atoms with Crippen LogP contribution in [0.4, 0.5) is 0 Å². The smallest absolute Gasteiger partial charge is 0.332 e. The summed E-state index contributed by atoms with van der Waals surface area (Å²) in [6.07, 6.45) is 2.14. The second-order valence-electron chi connectivity index (χ2n) is 2.43. The van der Waals surface area contributed by atoms with Crippen molar-refractivity contribution in [2.45, 2.75) is 26.1 Å². The molecule has 0 bridgehead atoms. The number of carbonyl (C=O) groups excluding carboxylic acids is 1. The largest absolute Gasteiger partial charge is 0.478 e. The van der Waals surface area contributed by atoms with Crippen molar-refractivity contribution in [3.05, 3.63) is 25.3 Å². The zero-order valence-corrected chi connectivity index (χ0v) is 8.68. The standard InChI is InChI=1S/C7H12O3.C3H4O2/c1-3-5-7(9)10-6(8)4-2;1-2-3(4)5/h4,7,9H,2-3,5H2,1H3;2H,1H2,(H,4,5). The summed E-state index contributed by atoms with van der Waals surface area (Å²) in [6, 6.07) is 0. The topological polar surface area (TPSA) is 83.8 Å². The number of ether oxygens (including phenoxy) is 1. The van der Waals surface area contributed by atoms with Crippen LogP contribution in [-0.4, -0.2) is 28.4 Å². The van der Waals surface area contributed by atoms with Crippen LogP contribution in [0.25, 0.3) is 0 Å². The van der Waals surface area contributed by atoms with Crippen molar-refractivity contribution in [2.75, 3.05) is 0 Å². The van der Waals surface area contributed by atoms with Gasteiger partial charge in [-0.2, -0.15) is 0 Å². The second-order valence-corrected chi connectivity index (χ2v) is 2.43. The predicted octanol–water partition coefficient (Wildman–Crippen LogP) is 1.09. The first-order chi connectivity index (χ1) is 6.97. The number of esters is 1. The molecular weight excluding hydrogens is 200 g/mol. The van der Waals surface area contributed by atoms with E-state index in [1.54, 1.807) is 0 Å². The summed E-state index contributed by atoms with van der Waals surface area (Å²) >= 11 is 0. The molecule has 1 unspecified atom stereocenters. The number of carboxylic acids is 1. The van der Waals surface area contributed by atoms with Gasteiger partial charge in [0.05, 0.1) is 0 Å². The minimum atomic E-state index is -0.981. The summed E-state index contributed by atoms with van der Waals surface area (Å²) < 4.78 is 4.44. The van der Waals surface area contributed by atoms with Gasteiger partial charge in [0.15, 0.2) is 0 Å². The molecule has 1 atom stereocenters. The van der Waals surface area contributed by atoms with E-state index >= 15 is 0 Å². The van der Waals surface area contributed by atoms with Crippen LogP contribution in [0.1, 0.15) is 19.8 Å². The molecule has 0 saturated heterocycles. The molecular formula is C10H16O5. The van der Waals surface area contributed by atoms with E-state index in [1.165, 1.54) is 0 Å². The van der Waals surface area contributed by atoms with Crippen molar-refractivity contribution in [1.29, 1.82) is 0 Å². The van der Waals surface area contributed by atoms with Crippen LogP contribution < -0.4 is 0 Å². The molecule has 0 radical (unpaired) electrons. The van der Waals surface area contributed by atoms with E-state index in [0.29, 0.717) is 6.42 Å². The van der Waals surface area contributed by atoms with Crippen LogP contribution in [0, 0.1) is 0 Å². The van der Waals surface area contributed by atoms with Gasteiger partial charge in [-0.05, 0) is 0 Å². The van der Waals surface area contributed by atoms with Gasteiger partial charge in [-0.1, -0.05) is 26.5 Å². The minimum Gasteiger partial charge on any atom is -0.478 e. The normalized spacial score (nSPS) is 10.3. The molecule has 0 aromatic rings. The summed E-state index contributed by atoms with van der Waals surface area (Å²) in [7, 11) is 0. The van der Waals surface area contributed by atoms with Gasteiger partial charge in [0, 0.05) is 18.6 Å². The fourth-order valence-electron chi connectivity index (χ4n) is 0.488. The molecule has 5 nitrogen and oxygen atoms in total. The molecule has 0 spiro atoms. The zero-order chi connectivity index (χ0) is 12.3. The molecule has 0 aromatic carbocycles. The summed E-state index contributed by atoms with van der Waals surface area (Å²) in [5, 5.41) is 16.5. The van der Waals surface area contributed by atoms with E-state index in [2.05, 4.69) is 17.9 Å². The highest BCUT2D eigenvalue weighted by Gasteiger charge is 2.05. The van der Waals surface area contributed by atoms with Gasteiger partial charge in [0.1, 0.15) is 0 Å². The molecule has 0 aromatic heterocycles. The minimum absolute atomic E-state index is 0.472. The Kier molecular flexibility index (Phi) is 11.0. The van der Waals surface area contributed by atoms with E-state index in [9.17, 15) is 9.59 Å². The van der Waals surface area contributed by atoms with Crippen molar-refractivity contribution in [3.8, 4) is 0 Å². The molecule has 0 fully saturated rings. The third kappa shape index (κ3) is 15.2. The highest BCUT2D eigenvalue weighted by molar-refractivity contribution is 5.81. The van der Waals surface area contributed by atoms with Crippen molar-refractivity contribution < 1.29 is 24.5 Å². The molecule has 0 aliphatic heterocycles. The Morgan fingerprint density at radius 2 is 1.87 bits per heavy atom. The third-order valence-electron chi connectivity index (χ3n) is 1.13. The lowest BCUT2D eigenvalue weighted by Crippen LogP contribution is -2.15. The van der Waals surface area contributed by atoms with Crippen molar-refractivity contribution in [3.63, 3.8) is 0 Å². The SMILES string of the molecule is C=CC(=O)O.C=CC(=O)OC(O)CCC. The van der Waals surface area contributed by atoms with Crippen molar-refractivity contribution >= 4 is 11.9 Å². The lowest BCUT2D eigenvalue weighted by atomic mass is 10.3. The number of aliphatic carboxylic acids is 1. The first kappa shape index (κ1) is 15.8. The second kappa shape index (κ2) is 10.5. The first-order valence-corrected chi connectivity index (χ1v) is 4.34. The van der Waals surface area contributed by atoms with Crippen molar-refractivity contribution in [1.82, 2.24) is 0 Å². The molecule has 15 heavy (non-hydrogen) atoms. The Hall–Kier alpha value is -1.62. The number of hydrogen-bond donors (Lipinski definition) is 2. The maximum absolute atomic E-state index is 10.4. The maximum Gasteiger partial charge on any atom is 0.332 e. The number of carboxylic acid groups (broad SMARTS) is 1. The Morgan fingerprint density at radius 3 is 2.13 bits per heavy atom. The van der Waals surface area contributed by atoms with Crippen LogP contribution in [0.5, 0.6) is 0 Å². The fraction of sp³-hybridized carbons (Fsp3) is 0.400. The lowest BCUT2D eigenvalue weighted by Gasteiger charge is -2.07. The molecule has 0 rings (SSSR count). The van der Waals surface area contributed by atoms with Gasteiger partial charge in [0.2, 0.25) is 6.29 Å². The van der Waals surface area contributed by atoms with Gasteiger partial charge in [-0.3, -0.25) is 0 Å². The van der Waals surface area contributed by atoms with Crippen LogP contribution in [-0.2, 0) is 14.3 Å². The van der Waals surface area contributed by atoms with Gasteiger partial charge in [0.25, 0.3) is 0 Å². The van der Waals surface area contributed by atoms with E-state index in [1.807, 2.05) is 6.92 Å². The maximum atomic E-state index is 10.4. The van der Waals surface area contributed by atoms with Gasteiger partial charge in [-0.15, -0.1) is 0 Å². The molecule has 0 amide bonds. The number of carbonyl (C=O) groups is 2. The average molecular weight is 216 g/mol. The van der Waals surface area contributed by atoms with Crippen LogP contribution >= 0.6 is 0 Å². The third-order valence-corrected chi connectivity index (χ3v) is 1.13. The molecule has 0 aliphatic carbocycles. The predicted molar refractivity (Wildman–Crippen MR) is 55.0 cm³/mol. The van der Waals surface area contributed by atoms with Gasteiger partial charge >= 0.3 is 11.9 Å². The van der Waals surface area contributed by atoms with Crippen LogP contribution in [0.3, 0.4) is 0 Å². The van der Waals surface area contributed by atoms with Crippen molar-refractivity contribution in [2.24, 2.45) is 0 Å². The summed E-state index contributed by atoms with van der Waals surface area (Å²) in [6.45, 7) is 8.04. The zero-order valence-electron chi connectivity index (χ0n) is 8.68. The van der Waals surface area contributed by atoms with E-state index in [4.69, 9.17) is 10.2 Å². The quantitative estimate of drug-likeness (QED) is 0.408. The fourth-order valence-corrected chi connectivity index (χ4v) is 0.488. The van der Waals surface area contributed by atoms with Crippen LogP contribution in [0.15, 0.2) is 25.3 Å². The molecule has 0 aliphatic rings. The summed E-state index contributed by atoms with van der Waals surface area (Å²) in [5.74, 6) is -1.56. The number of rotatable bonds is 5. The highest BCUT2D eigenvalue weighted by atomic mass is 16.6. The Labute approximate surface area is 88.7 Å². The number of hydrogen-bond acceptors (Lipinski definition) is 4. The Bertz CT molecular complexity index is 222. The van der Waals surface area contributed by atoms with Gasteiger partial charge in [-0.25, -0.2) is 9.59 Å². The Balaban J connectivity index is 0. The number of aliphatic hydroxyl groups excluding tert-OH is 1. The summed E-state index contributed by atoms with van der Waals surface area (Å²) in [5.41, 5.74) is 0. The molecule has 2 N–H and O–H groups in total. The van der Waals surface area contributed by atoms with Crippen LogP contribution in [0.2, 0.25) is 0 Å². The number of aliphatic hydroxyl groups is 1. The molecule has 0 heterocycles.